The number of nitrogens with one attached hydrogen (secondary N) is 1. The number of fused-ring (bicyclic) bond motifs is 1. The van der Waals surface area contributed by atoms with Gasteiger partial charge in [0, 0.05) is 38.2 Å². The van der Waals surface area contributed by atoms with Crippen LogP contribution in [0.2, 0.25) is 0 Å². The Morgan fingerprint density at radius 1 is 1.08 bits per heavy atom. The van der Waals surface area contributed by atoms with Crippen LogP contribution < -0.4 is 5.32 Å². The zero-order valence-corrected chi connectivity index (χ0v) is 15.3. The lowest BCUT2D eigenvalue weighted by Gasteiger charge is -2.24. The Morgan fingerprint density at radius 3 is 2.68 bits per heavy atom. The van der Waals surface area contributed by atoms with Crippen molar-refractivity contribution in [1.29, 1.82) is 0 Å². The molecule has 0 aliphatic carbocycles. The highest BCUT2D eigenvalue weighted by Crippen LogP contribution is 2.47. The van der Waals surface area contributed by atoms with Crippen LogP contribution in [0, 0.1) is 11.6 Å². The SMILES string of the molecule is O=C1CC(c2cc(Br)ccc2F)c2scc(-c3ccccc3F)c2N1. The predicted molar refractivity (Wildman–Crippen MR) is 98.9 cm³/mol. The summed E-state index contributed by atoms with van der Waals surface area (Å²) in [5.41, 5.74) is 2.10. The van der Waals surface area contributed by atoms with E-state index in [4.69, 9.17) is 0 Å². The number of carbonyl (C=O) groups excluding carboxylic acids is 1. The number of carbonyl (C=O) groups is 1. The van der Waals surface area contributed by atoms with Gasteiger partial charge in [0.15, 0.2) is 0 Å². The van der Waals surface area contributed by atoms with Crippen LogP contribution in [-0.4, -0.2) is 5.91 Å². The van der Waals surface area contributed by atoms with Crippen LogP contribution in [-0.2, 0) is 4.79 Å². The number of thiophene rings is 1. The van der Waals surface area contributed by atoms with Gasteiger partial charge < -0.3 is 5.32 Å². The summed E-state index contributed by atoms with van der Waals surface area (Å²) in [5.74, 6) is -1.29. The number of hydrogen-bond donors (Lipinski definition) is 1. The zero-order valence-electron chi connectivity index (χ0n) is 12.9. The Bertz CT molecular complexity index is 985. The van der Waals surface area contributed by atoms with Crippen LogP contribution in [0.5, 0.6) is 0 Å². The van der Waals surface area contributed by atoms with Crippen LogP contribution >= 0.6 is 27.3 Å². The molecular formula is C19H12BrF2NOS. The fourth-order valence-corrected chi connectivity index (χ4v) is 4.66. The Kier molecular flexibility index (Phi) is 4.17. The van der Waals surface area contributed by atoms with Gasteiger partial charge in [-0.15, -0.1) is 11.3 Å². The second-order valence-electron chi connectivity index (χ2n) is 5.84. The van der Waals surface area contributed by atoms with E-state index in [0.717, 1.165) is 9.35 Å². The third-order valence-electron chi connectivity index (χ3n) is 4.29. The van der Waals surface area contributed by atoms with Crippen molar-refractivity contribution in [1.82, 2.24) is 0 Å². The summed E-state index contributed by atoms with van der Waals surface area (Å²) in [6.45, 7) is 0. The lowest BCUT2D eigenvalue weighted by atomic mass is 9.89. The molecule has 0 bridgehead atoms. The summed E-state index contributed by atoms with van der Waals surface area (Å²) in [7, 11) is 0. The molecule has 1 aromatic heterocycles. The third kappa shape index (κ3) is 2.89. The molecule has 3 aromatic rings. The molecule has 2 nitrogen and oxygen atoms in total. The zero-order chi connectivity index (χ0) is 17.6. The van der Waals surface area contributed by atoms with E-state index >= 15 is 0 Å². The summed E-state index contributed by atoms with van der Waals surface area (Å²) >= 11 is 4.77. The van der Waals surface area contributed by atoms with Crippen molar-refractivity contribution < 1.29 is 13.6 Å². The van der Waals surface area contributed by atoms with Crippen LogP contribution in [0.3, 0.4) is 0 Å². The van der Waals surface area contributed by atoms with Crippen LogP contribution in [0.4, 0.5) is 14.5 Å². The van der Waals surface area contributed by atoms with Crippen molar-refractivity contribution in [3.63, 3.8) is 0 Å². The van der Waals surface area contributed by atoms with Gasteiger partial charge in [0.25, 0.3) is 0 Å². The maximum Gasteiger partial charge on any atom is 0.225 e. The normalized spacial score (nSPS) is 16.4. The number of halogens is 3. The molecule has 1 N–H and O–H groups in total. The molecular weight excluding hydrogens is 408 g/mol. The summed E-state index contributed by atoms with van der Waals surface area (Å²) in [4.78, 5) is 13.1. The molecule has 2 aromatic carbocycles. The van der Waals surface area contributed by atoms with E-state index in [-0.39, 0.29) is 29.9 Å². The molecule has 1 unspecified atom stereocenters. The highest BCUT2D eigenvalue weighted by molar-refractivity contribution is 9.10. The van der Waals surface area contributed by atoms with E-state index < -0.39 is 0 Å². The van der Waals surface area contributed by atoms with E-state index in [1.165, 1.54) is 23.5 Å². The van der Waals surface area contributed by atoms with Gasteiger partial charge in [0.2, 0.25) is 5.91 Å². The van der Waals surface area contributed by atoms with E-state index in [1.54, 1.807) is 30.3 Å². The number of hydrogen-bond acceptors (Lipinski definition) is 2. The van der Waals surface area contributed by atoms with E-state index in [0.29, 0.717) is 22.4 Å². The molecule has 0 spiro atoms. The molecule has 1 aliphatic rings. The number of benzene rings is 2. The molecule has 2 heterocycles. The third-order valence-corrected chi connectivity index (χ3v) is 5.88. The molecule has 0 saturated carbocycles. The molecule has 6 heteroatoms. The van der Waals surface area contributed by atoms with Gasteiger partial charge in [-0.3, -0.25) is 4.79 Å². The van der Waals surface area contributed by atoms with Gasteiger partial charge in [0.1, 0.15) is 11.6 Å². The van der Waals surface area contributed by atoms with Crippen molar-refractivity contribution in [2.24, 2.45) is 0 Å². The average Bonchev–Trinajstić information content (AvgIpc) is 3.00. The van der Waals surface area contributed by atoms with Gasteiger partial charge in [-0.2, -0.15) is 0 Å². The molecule has 25 heavy (non-hydrogen) atoms. The molecule has 1 atom stereocenters. The average molecular weight is 420 g/mol. The lowest BCUT2D eigenvalue weighted by molar-refractivity contribution is -0.116. The Labute approximate surface area is 155 Å². The van der Waals surface area contributed by atoms with Crippen molar-refractivity contribution in [2.45, 2.75) is 12.3 Å². The molecule has 4 rings (SSSR count). The fraction of sp³-hybridized carbons (Fsp3) is 0.105. The summed E-state index contributed by atoms with van der Waals surface area (Å²) in [6, 6.07) is 11.1. The molecule has 1 aliphatic heterocycles. The molecule has 126 valence electrons. The first-order valence-corrected chi connectivity index (χ1v) is 9.33. The van der Waals surface area contributed by atoms with Crippen molar-refractivity contribution >= 4 is 38.9 Å². The van der Waals surface area contributed by atoms with E-state index in [9.17, 15) is 13.6 Å². The minimum atomic E-state index is -0.383. The predicted octanol–water partition coefficient (Wildman–Crippen LogP) is 5.93. The first kappa shape index (κ1) is 16.4. The number of rotatable bonds is 2. The van der Waals surface area contributed by atoms with Crippen molar-refractivity contribution in [3.05, 3.63) is 74.4 Å². The summed E-state index contributed by atoms with van der Waals surface area (Å²) in [6.07, 6.45) is 0.164. The highest BCUT2D eigenvalue weighted by Gasteiger charge is 2.32. The van der Waals surface area contributed by atoms with Crippen LogP contribution in [0.25, 0.3) is 11.1 Å². The smallest absolute Gasteiger partial charge is 0.225 e. The molecule has 1 amide bonds. The maximum absolute atomic E-state index is 14.4. The Morgan fingerprint density at radius 2 is 1.88 bits per heavy atom. The largest absolute Gasteiger partial charge is 0.325 e. The molecule has 0 saturated heterocycles. The summed E-state index contributed by atoms with van der Waals surface area (Å²) < 4.78 is 29.3. The first-order valence-electron chi connectivity index (χ1n) is 7.65. The van der Waals surface area contributed by atoms with Crippen molar-refractivity contribution in [3.8, 4) is 11.1 Å². The summed E-state index contributed by atoms with van der Waals surface area (Å²) in [5, 5.41) is 4.66. The lowest BCUT2D eigenvalue weighted by Crippen LogP contribution is -2.23. The second kappa shape index (κ2) is 6.35. The van der Waals surface area contributed by atoms with Gasteiger partial charge in [-0.05, 0) is 29.8 Å². The molecule has 0 fully saturated rings. The standard InChI is InChI=1S/C19H12BrF2NOS/c20-10-5-6-16(22)12(7-10)13-8-17(24)23-18-14(9-25-19(13)18)11-3-1-2-4-15(11)21/h1-7,9,13H,8H2,(H,23,24). The topological polar surface area (TPSA) is 29.1 Å². The maximum atomic E-state index is 14.4. The number of amides is 1. The number of anilines is 1. The van der Waals surface area contributed by atoms with Crippen LogP contribution in [0.15, 0.2) is 52.3 Å². The van der Waals surface area contributed by atoms with Gasteiger partial charge in [-0.1, -0.05) is 34.1 Å². The van der Waals surface area contributed by atoms with Crippen LogP contribution in [0.1, 0.15) is 22.8 Å². The van der Waals surface area contributed by atoms with Gasteiger partial charge in [0.05, 0.1) is 5.69 Å². The minimum Gasteiger partial charge on any atom is -0.325 e. The van der Waals surface area contributed by atoms with Gasteiger partial charge in [-0.25, -0.2) is 8.78 Å². The molecule has 0 radical (unpaired) electrons. The monoisotopic (exact) mass is 419 g/mol. The fourth-order valence-electron chi connectivity index (χ4n) is 3.14. The first-order chi connectivity index (χ1) is 12.0. The second-order valence-corrected chi connectivity index (χ2v) is 7.67. The highest BCUT2D eigenvalue weighted by atomic mass is 79.9. The Balaban J connectivity index is 1.87. The quantitative estimate of drug-likeness (QED) is 0.547. The van der Waals surface area contributed by atoms with E-state index in [1.807, 2.05) is 5.38 Å². The minimum absolute atomic E-state index is 0.164. The van der Waals surface area contributed by atoms with Crippen molar-refractivity contribution in [2.75, 3.05) is 5.32 Å². The van der Waals surface area contributed by atoms with E-state index in [2.05, 4.69) is 21.2 Å². The Hall–Kier alpha value is -2.05. The van der Waals surface area contributed by atoms with Gasteiger partial charge >= 0.3 is 0 Å².